The predicted octanol–water partition coefficient (Wildman–Crippen LogP) is 4.51. The SMILES string of the molecule is CN(C)CCCOc1ccc(C(=O)CCNCCC(O)(c2ccccc2)c2ccccc2)cc1. The van der Waals surface area contributed by atoms with Crippen LogP contribution in [0.2, 0.25) is 0 Å². The molecule has 3 aromatic carbocycles. The van der Waals surface area contributed by atoms with E-state index >= 15 is 0 Å². The molecule has 5 nitrogen and oxygen atoms in total. The van der Waals surface area contributed by atoms with Crippen LogP contribution in [0.3, 0.4) is 0 Å². The Labute approximate surface area is 203 Å². The van der Waals surface area contributed by atoms with Crippen LogP contribution in [0.4, 0.5) is 0 Å². The lowest BCUT2D eigenvalue weighted by molar-refractivity contribution is 0.0711. The first kappa shape index (κ1) is 25.6. The first-order chi connectivity index (χ1) is 16.5. The average molecular weight is 461 g/mol. The molecule has 0 amide bonds. The van der Waals surface area contributed by atoms with Crippen molar-refractivity contribution in [2.24, 2.45) is 0 Å². The van der Waals surface area contributed by atoms with Crippen LogP contribution in [0.1, 0.15) is 40.7 Å². The van der Waals surface area contributed by atoms with Gasteiger partial charge in [0.05, 0.1) is 6.61 Å². The molecule has 5 heteroatoms. The zero-order valence-electron chi connectivity index (χ0n) is 20.2. The van der Waals surface area contributed by atoms with Gasteiger partial charge in [-0.1, -0.05) is 60.7 Å². The van der Waals surface area contributed by atoms with E-state index in [9.17, 15) is 9.90 Å². The first-order valence-electron chi connectivity index (χ1n) is 11.9. The fraction of sp³-hybridized carbons (Fsp3) is 0.345. The number of hydrogen-bond acceptors (Lipinski definition) is 5. The van der Waals surface area contributed by atoms with E-state index in [1.165, 1.54) is 0 Å². The van der Waals surface area contributed by atoms with Crippen LogP contribution in [-0.4, -0.2) is 56.1 Å². The number of Topliss-reactive ketones (excluding diaryl/α,β-unsaturated/α-hetero) is 1. The van der Waals surface area contributed by atoms with Crippen LogP contribution in [0.25, 0.3) is 0 Å². The molecular formula is C29H36N2O3. The maximum atomic E-state index is 12.6. The van der Waals surface area contributed by atoms with E-state index in [-0.39, 0.29) is 5.78 Å². The molecule has 0 saturated carbocycles. The predicted molar refractivity (Wildman–Crippen MR) is 137 cm³/mol. The molecule has 0 radical (unpaired) electrons. The van der Waals surface area contributed by atoms with Gasteiger partial charge in [0.1, 0.15) is 11.4 Å². The summed E-state index contributed by atoms with van der Waals surface area (Å²) in [5.74, 6) is 0.877. The van der Waals surface area contributed by atoms with E-state index in [1.807, 2.05) is 99.0 Å². The van der Waals surface area contributed by atoms with Gasteiger partial charge in [0.15, 0.2) is 5.78 Å². The normalized spacial score (nSPS) is 11.5. The molecule has 3 aromatic rings. The van der Waals surface area contributed by atoms with Crippen LogP contribution in [0.5, 0.6) is 5.75 Å². The van der Waals surface area contributed by atoms with Crippen molar-refractivity contribution >= 4 is 5.78 Å². The Hall–Kier alpha value is -2.99. The Morgan fingerprint density at radius 2 is 1.47 bits per heavy atom. The Balaban J connectivity index is 1.45. The molecule has 0 unspecified atom stereocenters. The summed E-state index contributed by atoms with van der Waals surface area (Å²) in [6.07, 6.45) is 1.87. The van der Waals surface area contributed by atoms with Gasteiger partial charge >= 0.3 is 0 Å². The molecule has 3 rings (SSSR count). The number of carbonyl (C=O) groups excluding carboxylic acids is 1. The maximum absolute atomic E-state index is 12.6. The van der Waals surface area contributed by atoms with Crippen LogP contribution >= 0.6 is 0 Å². The second-order valence-electron chi connectivity index (χ2n) is 8.80. The van der Waals surface area contributed by atoms with Gasteiger partial charge in [0.2, 0.25) is 0 Å². The lowest BCUT2D eigenvalue weighted by Gasteiger charge is -2.29. The molecule has 0 heterocycles. The molecule has 0 bridgehead atoms. The van der Waals surface area contributed by atoms with Crippen molar-refractivity contribution in [2.45, 2.75) is 24.9 Å². The second kappa shape index (κ2) is 13.0. The molecule has 0 saturated heterocycles. The molecule has 0 aliphatic carbocycles. The standard InChI is InChI=1S/C29H36N2O3/c1-31(2)22-9-23-34-27-16-14-24(15-17-27)28(32)18-20-30-21-19-29(33,25-10-5-3-6-11-25)26-12-7-4-8-13-26/h3-8,10-17,30,33H,9,18-23H2,1-2H3. The number of ether oxygens (including phenoxy) is 1. The number of nitrogens with zero attached hydrogens (tertiary/aromatic N) is 1. The summed E-state index contributed by atoms with van der Waals surface area (Å²) in [7, 11) is 4.09. The summed E-state index contributed by atoms with van der Waals surface area (Å²) in [4.78, 5) is 14.7. The lowest BCUT2D eigenvalue weighted by atomic mass is 9.83. The van der Waals surface area contributed by atoms with Gasteiger partial charge in [-0.2, -0.15) is 0 Å². The molecule has 2 N–H and O–H groups in total. The molecule has 0 atom stereocenters. The number of rotatable bonds is 14. The molecule has 0 aliphatic heterocycles. The summed E-state index contributed by atoms with van der Waals surface area (Å²) >= 11 is 0. The molecule has 0 fully saturated rings. The highest BCUT2D eigenvalue weighted by molar-refractivity contribution is 5.96. The molecule has 180 valence electrons. The number of carbonyl (C=O) groups is 1. The smallest absolute Gasteiger partial charge is 0.164 e. The second-order valence-corrected chi connectivity index (χ2v) is 8.80. The van der Waals surface area contributed by atoms with Gasteiger partial charge in [-0.05, 0) is 68.9 Å². The van der Waals surface area contributed by atoms with Gasteiger partial charge in [-0.3, -0.25) is 4.79 Å². The Bertz CT molecular complexity index is 949. The van der Waals surface area contributed by atoms with Gasteiger partial charge in [0.25, 0.3) is 0 Å². The number of aliphatic hydroxyl groups is 1. The summed E-state index contributed by atoms with van der Waals surface area (Å²) < 4.78 is 5.74. The minimum atomic E-state index is -1.08. The largest absolute Gasteiger partial charge is 0.494 e. The number of hydrogen-bond donors (Lipinski definition) is 2. The fourth-order valence-electron chi connectivity index (χ4n) is 3.93. The molecule has 34 heavy (non-hydrogen) atoms. The molecule has 0 spiro atoms. The van der Waals surface area contributed by atoms with Crippen molar-refractivity contribution in [3.63, 3.8) is 0 Å². The summed E-state index contributed by atoms with van der Waals surface area (Å²) in [6, 6.07) is 26.8. The van der Waals surface area contributed by atoms with Gasteiger partial charge < -0.3 is 20.1 Å². The van der Waals surface area contributed by atoms with Crippen molar-refractivity contribution < 1.29 is 14.6 Å². The Morgan fingerprint density at radius 1 is 0.882 bits per heavy atom. The van der Waals surface area contributed by atoms with E-state index in [2.05, 4.69) is 10.2 Å². The fourth-order valence-corrected chi connectivity index (χ4v) is 3.93. The number of ketones is 1. The highest BCUT2D eigenvalue weighted by atomic mass is 16.5. The van der Waals surface area contributed by atoms with Crippen molar-refractivity contribution in [1.29, 1.82) is 0 Å². The summed E-state index contributed by atoms with van der Waals surface area (Å²) in [5, 5.41) is 14.9. The quantitative estimate of drug-likeness (QED) is 0.274. The third-order valence-corrected chi connectivity index (χ3v) is 5.89. The average Bonchev–Trinajstić information content (AvgIpc) is 2.87. The van der Waals surface area contributed by atoms with E-state index < -0.39 is 5.60 Å². The Morgan fingerprint density at radius 3 is 2.03 bits per heavy atom. The topological polar surface area (TPSA) is 61.8 Å². The van der Waals surface area contributed by atoms with Gasteiger partial charge in [-0.15, -0.1) is 0 Å². The monoisotopic (exact) mass is 460 g/mol. The van der Waals surface area contributed by atoms with E-state index in [0.29, 0.717) is 38.1 Å². The van der Waals surface area contributed by atoms with Crippen LogP contribution in [0.15, 0.2) is 84.9 Å². The number of nitrogens with one attached hydrogen (secondary N) is 1. The van der Waals surface area contributed by atoms with Crippen molar-refractivity contribution in [3.05, 3.63) is 102 Å². The summed E-state index contributed by atoms with van der Waals surface area (Å²) in [5.41, 5.74) is 1.33. The van der Waals surface area contributed by atoms with Crippen LogP contribution in [0, 0.1) is 0 Å². The summed E-state index contributed by atoms with van der Waals surface area (Å²) in [6.45, 7) is 2.79. The zero-order valence-corrected chi connectivity index (χ0v) is 20.2. The van der Waals surface area contributed by atoms with Crippen molar-refractivity contribution in [3.8, 4) is 5.75 Å². The van der Waals surface area contributed by atoms with E-state index in [4.69, 9.17) is 4.74 Å². The highest BCUT2D eigenvalue weighted by Crippen LogP contribution is 2.32. The molecule has 0 aliphatic rings. The highest BCUT2D eigenvalue weighted by Gasteiger charge is 2.30. The maximum Gasteiger partial charge on any atom is 0.164 e. The van der Waals surface area contributed by atoms with Crippen molar-refractivity contribution in [2.75, 3.05) is 40.3 Å². The van der Waals surface area contributed by atoms with Gasteiger partial charge in [0, 0.05) is 25.1 Å². The van der Waals surface area contributed by atoms with Crippen LogP contribution in [-0.2, 0) is 5.60 Å². The lowest BCUT2D eigenvalue weighted by Crippen LogP contribution is -2.32. The first-order valence-corrected chi connectivity index (χ1v) is 11.9. The minimum Gasteiger partial charge on any atom is -0.494 e. The minimum absolute atomic E-state index is 0.0908. The Kier molecular flexibility index (Phi) is 9.83. The van der Waals surface area contributed by atoms with Gasteiger partial charge in [-0.25, -0.2) is 0 Å². The van der Waals surface area contributed by atoms with Crippen molar-refractivity contribution in [1.82, 2.24) is 10.2 Å². The molecule has 0 aromatic heterocycles. The van der Waals surface area contributed by atoms with E-state index in [0.717, 1.165) is 29.8 Å². The third kappa shape index (κ3) is 7.52. The zero-order chi connectivity index (χ0) is 24.2. The third-order valence-electron chi connectivity index (χ3n) is 5.89. The van der Waals surface area contributed by atoms with E-state index in [1.54, 1.807) is 0 Å². The van der Waals surface area contributed by atoms with Crippen LogP contribution < -0.4 is 10.1 Å². The molecular weight excluding hydrogens is 424 g/mol. The number of benzene rings is 3.